The molecule has 4 aromatic heterocycles. The molecule has 16 nitrogen and oxygen atoms in total. The fourth-order valence-electron chi connectivity index (χ4n) is 5.44. The Bertz CT molecular complexity index is 2240. The minimum absolute atomic E-state index is 0.333. The Kier molecular flexibility index (Phi) is 13.9. The Morgan fingerprint density at radius 1 is 0.684 bits per heavy atom. The molecular weight excluding hydrogens is 806 g/mol. The van der Waals surface area contributed by atoms with Gasteiger partial charge in [-0.05, 0) is 106 Å². The zero-order valence-corrected chi connectivity index (χ0v) is 33.9. The summed E-state index contributed by atoms with van der Waals surface area (Å²) in [5, 5.41) is 12.1. The van der Waals surface area contributed by atoms with E-state index < -0.39 is 23.4 Å². The van der Waals surface area contributed by atoms with Crippen molar-refractivity contribution in [2.45, 2.75) is 77.7 Å². The fraction of sp³-hybridized carbons (Fsp3) is 0.368. The first-order valence-electron chi connectivity index (χ1n) is 18.0. The largest absolute Gasteiger partial charge is 0.444 e. The number of nitrogens with zero attached hydrogens (tertiary/aromatic N) is 6. The standard InChI is InChI=1S/C19H22BrFN6O2.C19H23FN6O2/c1-19(2,3)29-18(28)25-13(11-4-6-12(21)7-5-11)8-9-22-15-14-16(24-10-23-15)27-17(20)26-14;1-19(2,3)28-18(27)26-14(12-4-6-13(20)7-5-12)8-9-21-16-15-17(23-10-22-15)25-11-24-16/h4-7,10,13H,8-9H2,1-3H3,(H,25,28)(H2,22,23,24,26,27);4-7,10-11,14H,8-9H2,1-3H3,(H,26,27)(H2,21,22,23,24,25). The molecule has 0 aliphatic carbocycles. The quantitative estimate of drug-likeness (QED) is 0.0650. The lowest BCUT2D eigenvalue weighted by Crippen LogP contribution is -2.35. The number of benzene rings is 2. The highest BCUT2D eigenvalue weighted by atomic mass is 79.9. The van der Waals surface area contributed by atoms with E-state index >= 15 is 0 Å². The lowest BCUT2D eigenvalue weighted by atomic mass is 10.0. The van der Waals surface area contributed by atoms with E-state index in [0.29, 0.717) is 64.6 Å². The van der Waals surface area contributed by atoms with Crippen LogP contribution in [0.3, 0.4) is 0 Å². The minimum atomic E-state index is -0.615. The van der Waals surface area contributed by atoms with Crippen LogP contribution in [0.25, 0.3) is 22.3 Å². The maximum Gasteiger partial charge on any atom is 0.408 e. The number of amides is 2. The summed E-state index contributed by atoms with van der Waals surface area (Å²) < 4.78 is 37.8. The molecule has 57 heavy (non-hydrogen) atoms. The lowest BCUT2D eigenvalue weighted by molar-refractivity contribution is 0.0490. The topological polar surface area (TPSA) is 210 Å². The Morgan fingerprint density at radius 3 is 1.61 bits per heavy atom. The van der Waals surface area contributed by atoms with Gasteiger partial charge in [-0.3, -0.25) is 0 Å². The molecule has 6 aromatic rings. The summed E-state index contributed by atoms with van der Waals surface area (Å²) in [5.41, 5.74) is 2.83. The summed E-state index contributed by atoms with van der Waals surface area (Å²) in [5.74, 6) is 0.553. The number of fused-ring (bicyclic) bond motifs is 2. The van der Waals surface area contributed by atoms with Crippen molar-refractivity contribution in [2.75, 3.05) is 23.7 Å². The molecule has 0 bridgehead atoms. The van der Waals surface area contributed by atoms with Gasteiger partial charge in [-0.1, -0.05) is 24.3 Å². The van der Waals surface area contributed by atoms with Crippen molar-refractivity contribution in [3.8, 4) is 0 Å². The Balaban J connectivity index is 0.000000218. The highest BCUT2D eigenvalue weighted by Gasteiger charge is 2.22. The summed E-state index contributed by atoms with van der Waals surface area (Å²) in [4.78, 5) is 55.4. The first kappa shape index (κ1) is 42.2. The average Bonchev–Trinajstić information content (AvgIpc) is 3.77. The average molecular weight is 852 g/mol. The van der Waals surface area contributed by atoms with Crippen molar-refractivity contribution in [1.82, 2.24) is 50.5 Å². The second kappa shape index (κ2) is 18.8. The fourth-order valence-corrected chi connectivity index (χ4v) is 5.80. The molecule has 6 rings (SSSR count). The summed E-state index contributed by atoms with van der Waals surface area (Å²) >= 11 is 3.28. The number of imidazole rings is 2. The highest BCUT2D eigenvalue weighted by Crippen LogP contribution is 2.23. The van der Waals surface area contributed by atoms with E-state index in [1.807, 2.05) is 0 Å². The minimum Gasteiger partial charge on any atom is -0.444 e. The summed E-state index contributed by atoms with van der Waals surface area (Å²) in [7, 11) is 0. The number of carbonyl (C=O) groups excluding carboxylic acids is 2. The van der Waals surface area contributed by atoms with Gasteiger partial charge < -0.3 is 40.7 Å². The Labute approximate surface area is 335 Å². The second-order valence-corrected chi connectivity index (χ2v) is 15.5. The van der Waals surface area contributed by atoms with E-state index in [2.05, 4.69) is 77.1 Å². The predicted octanol–water partition coefficient (Wildman–Crippen LogP) is 7.88. The number of hydrogen-bond donors (Lipinski definition) is 6. The summed E-state index contributed by atoms with van der Waals surface area (Å²) in [6.45, 7) is 11.8. The van der Waals surface area contributed by atoms with Gasteiger partial charge in [-0.15, -0.1) is 0 Å². The molecule has 0 spiro atoms. The molecule has 0 radical (unpaired) electrons. The van der Waals surface area contributed by atoms with Crippen LogP contribution in [0.1, 0.15) is 77.6 Å². The number of halogens is 3. The van der Waals surface area contributed by atoms with Crippen LogP contribution in [-0.4, -0.2) is 76.3 Å². The Hall–Kier alpha value is -5.98. The van der Waals surface area contributed by atoms with Gasteiger partial charge in [0.1, 0.15) is 46.5 Å². The molecular formula is C38H45BrF2N12O4. The van der Waals surface area contributed by atoms with Crippen molar-refractivity contribution < 1.29 is 27.8 Å². The first-order valence-corrected chi connectivity index (χ1v) is 18.8. The molecule has 2 amide bonds. The van der Waals surface area contributed by atoms with Gasteiger partial charge >= 0.3 is 12.2 Å². The van der Waals surface area contributed by atoms with E-state index in [0.717, 1.165) is 11.1 Å². The number of hydrogen-bond acceptors (Lipinski definition) is 12. The third kappa shape index (κ3) is 13.0. The third-order valence-corrected chi connectivity index (χ3v) is 8.24. The molecule has 2 unspecified atom stereocenters. The first-order chi connectivity index (χ1) is 27.0. The number of nitrogens with one attached hydrogen (secondary N) is 6. The van der Waals surface area contributed by atoms with E-state index in [1.54, 1.807) is 72.1 Å². The second-order valence-electron chi connectivity index (χ2n) is 14.7. The van der Waals surface area contributed by atoms with Crippen LogP contribution in [0, 0.1) is 11.6 Å². The Morgan fingerprint density at radius 2 is 1.14 bits per heavy atom. The number of H-pyrrole nitrogens is 2. The van der Waals surface area contributed by atoms with Gasteiger partial charge in [0.15, 0.2) is 27.7 Å². The van der Waals surface area contributed by atoms with E-state index in [9.17, 15) is 18.4 Å². The zero-order chi connectivity index (χ0) is 41.2. The molecule has 2 aromatic carbocycles. The van der Waals surface area contributed by atoms with Gasteiger partial charge in [0.2, 0.25) is 0 Å². The van der Waals surface area contributed by atoms with Crippen LogP contribution in [0.15, 0.2) is 72.2 Å². The number of carbonyl (C=O) groups is 2. The third-order valence-electron chi connectivity index (χ3n) is 7.86. The van der Waals surface area contributed by atoms with Crippen LogP contribution in [-0.2, 0) is 9.47 Å². The molecule has 0 aliphatic heterocycles. The number of aromatic amines is 2. The van der Waals surface area contributed by atoms with Crippen LogP contribution in [0.5, 0.6) is 0 Å². The number of alkyl carbamates (subject to hydrolysis) is 2. The lowest BCUT2D eigenvalue weighted by Gasteiger charge is -2.24. The molecule has 19 heteroatoms. The van der Waals surface area contributed by atoms with Gasteiger partial charge in [0.05, 0.1) is 18.4 Å². The summed E-state index contributed by atoms with van der Waals surface area (Å²) in [6.07, 6.45) is 4.40. The molecule has 0 saturated heterocycles. The number of rotatable bonds is 12. The smallest absolute Gasteiger partial charge is 0.408 e. The van der Waals surface area contributed by atoms with Crippen molar-refractivity contribution in [3.63, 3.8) is 0 Å². The van der Waals surface area contributed by atoms with E-state index in [1.165, 1.54) is 36.9 Å². The SMILES string of the molecule is CC(C)(C)OC(=O)NC(CCNc1ncnc2nc(Br)[nH]c12)c1ccc(F)cc1.CC(C)(C)OC(=O)NC(CCNc1ncnc2nc[nH]c12)c1ccc(F)cc1. The molecule has 0 fully saturated rings. The van der Waals surface area contributed by atoms with Crippen molar-refractivity contribution >= 4 is 62.1 Å². The van der Waals surface area contributed by atoms with Crippen LogP contribution in [0.4, 0.5) is 30.0 Å². The van der Waals surface area contributed by atoms with Crippen molar-refractivity contribution in [2.24, 2.45) is 0 Å². The maximum atomic E-state index is 13.3. The van der Waals surface area contributed by atoms with Gasteiger partial charge in [0, 0.05) is 13.1 Å². The summed E-state index contributed by atoms with van der Waals surface area (Å²) in [6, 6.07) is 11.3. The molecule has 4 heterocycles. The van der Waals surface area contributed by atoms with Gasteiger partial charge in [-0.25, -0.2) is 48.3 Å². The maximum absolute atomic E-state index is 13.3. The molecule has 302 valence electrons. The van der Waals surface area contributed by atoms with Gasteiger partial charge in [-0.2, -0.15) is 0 Å². The van der Waals surface area contributed by atoms with E-state index in [4.69, 9.17) is 9.47 Å². The molecule has 2 atom stereocenters. The van der Waals surface area contributed by atoms with Crippen LogP contribution in [0.2, 0.25) is 0 Å². The van der Waals surface area contributed by atoms with Crippen molar-refractivity contribution in [1.29, 1.82) is 0 Å². The number of aromatic nitrogens is 8. The number of ether oxygens (including phenoxy) is 2. The zero-order valence-electron chi connectivity index (χ0n) is 32.3. The molecule has 0 aliphatic rings. The molecule has 6 N–H and O–H groups in total. The highest BCUT2D eigenvalue weighted by molar-refractivity contribution is 9.10. The normalized spacial score (nSPS) is 12.6. The van der Waals surface area contributed by atoms with Crippen molar-refractivity contribution in [3.05, 3.63) is 95.0 Å². The van der Waals surface area contributed by atoms with Crippen LogP contribution < -0.4 is 21.3 Å². The van der Waals surface area contributed by atoms with Crippen LogP contribution >= 0.6 is 15.9 Å². The van der Waals surface area contributed by atoms with Gasteiger partial charge in [0.25, 0.3) is 0 Å². The predicted molar refractivity (Wildman–Crippen MR) is 214 cm³/mol. The monoisotopic (exact) mass is 850 g/mol. The van der Waals surface area contributed by atoms with E-state index in [-0.39, 0.29) is 23.7 Å². The molecule has 0 saturated carbocycles. The number of anilines is 2.